The summed E-state index contributed by atoms with van der Waals surface area (Å²) >= 11 is 0. The van der Waals surface area contributed by atoms with E-state index in [9.17, 15) is 22.8 Å². The fourth-order valence-corrected chi connectivity index (χ4v) is 5.19. The number of alkyl halides is 3. The Labute approximate surface area is 191 Å². The Morgan fingerprint density at radius 2 is 1.58 bits per heavy atom. The van der Waals surface area contributed by atoms with Gasteiger partial charge in [0.05, 0.1) is 0 Å². The predicted molar refractivity (Wildman–Crippen MR) is 117 cm³/mol. The number of halogens is 3. The van der Waals surface area contributed by atoms with E-state index < -0.39 is 12.3 Å². The molecule has 2 aromatic carbocycles. The van der Waals surface area contributed by atoms with Gasteiger partial charge in [-0.05, 0) is 79.0 Å². The predicted octanol–water partition coefficient (Wildman–Crippen LogP) is 5.93. The molecule has 0 aromatic heterocycles. The van der Waals surface area contributed by atoms with Gasteiger partial charge in [-0.2, -0.15) is 0 Å². The Kier molecular flexibility index (Phi) is 6.61. The highest BCUT2D eigenvalue weighted by Gasteiger charge is 2.43. The van der Waals surface area contributed by atoms with Gasteiger partial charge >= 0.3 is 6.36 Å². The summed E-state index contributed by atoms with van der Waals surface area (Å²) in [6.45, 7) is 5.18. The van der Waals surface area contributed by atoms with Crippen LogP contribution in [0.2, 0.25) is 0 Å². The van der Waals surface area contributed by atoms with Crippen molar-refractivity contribution in [1.82, 2.24) is 0 Å². The third kappa shape index (κ3) is 5.29. The minimum Gasteiger partial charge on any atom is -0.406 e. The molecule has 1 heterocycles. The molecule has 176 valence electrons. The smallest absolute Gasteiger partial charge is 0.406 e. The minimum absolute atomic E-state index is 0.0131. The van der Waals surface area contributed by atoms with Gasteiger partial charge in [0.15, 0.2) is 5.78 Å². The van der Waals surface area contributed by atoms with Crippen molar-refractivity contribution in [3.05, 3.63) is 53.1 Å². The van der Waals surface area contributed by atoms with E-state index in [-0.39, 0.29) is 23.2 Å². The summed E-state index contributed by atoms with van der Waals surface area (Å²) in [5, 5.41) is 0. The molecule has 2 aromatic rings. The van der Waals surface area contributed by atoms with E-state index in [4.69, 9.17) is 4.74 Å². The number of Topliss-reactive ketones (excluding diaryl/α,β-unsaturated/α-hetero) is 2. The maximum atomic E-state index is 13.2. The molecule has 1 aliphatic carbocycles. The van der Waals surface area contributed by atoms with Crippen LogP contribution in [0.4, 0.5) is 13.2 Å². The number of ether oxygens (including phenoxy) is 2. The number of ketones is 2. The maximum absolute atomic E-state index is 13.2. The van der Waals surface area contributed by atoms with Crippen molar-refractivity contribution < 1.29 is 32.2 Å². The monoisotopic (exact) mass is 460 g/mol. The van der Waals surface area contributed by atoms with Crippen molar-refractivity contribution in [2.45, 2.75) is 51.8 Å². The lowest BCUT2D eigenvalue weighted by Crippen LogP contribution is -2.22. The molecule has 0 N–H and O–H groups in total. The maximum Gasteiger partial charge on any atom is 0.573 e. The van der Waals surface area contributed by atoms with Gasteiger partial charge in [-0.25, -0.2) is 0 Å². The molecule has 4 rings (SSSR count). The lowest BCUT2D eigenvalue weighted by molar-refractivity contribution is -0.274. The summed E-state index contributed by atoms with van der Waals surface area (Å²) in [5.41, 5.74) is 3.96. The van der Waals surface area contributed by atoms with Crippen molar-refractivity contribution >= 4 is 11.6 Å². The zero-order valence-corrected chi connectivity index (χ0v) is 18.7. The average Bonchev–Trinajstić information content (AvgIpc) is 3.01. The molecule has 2 unspecified atom stereocenters. The van der Waals surface area contributed by atoms with E-state index in [1.807, 2.05) is 26.0 Å². The van der Waals surface area contributed by atoms with E-state index in [1.54, 1.807) is 12.1 Å². The van der Waals surface area contributed by atoms with Gasteiger partial charge < -0.3 is 9.47 Å². The second-order valence-electron chi connectivity index (χ2n) is 9.09. The number of aryl methyl sites for hydroxylation is 2. The number of carbonyl (C=O) groups is 2. The Hall–Kier alpha value is -2.67. The molecule has 0 spiro atoms. The van der Waals surface area contributed by atoms with Gasteiger partial charge in [0.25, 0.3) is 0 Å². The molecule has 2 fully saturated rings. The van der Waals surface area contributed by atoms with Gasteiger partial charge in [-0.1, -0.05) is 24.3 Å². The van der Waals surface area contributed by atoms with Crippen molar-refractivity contribution in [2.75, 3.05) is 13.2 Å². The molecule has 4 nitrogen and oxygen atoms in total. The zero-order chi connectivity index (χ0) is 23.8. The highest BCUT2D eigenvalue weighted by molar-refractivity contribution is 6.15. The molecule has 2 aliphatic rings. The highest BCUT2D eigenvalue weighted by Crippen LogP contribution is 2.40. The number of carbonyl (C=O) groups excluding carboxylic acids is 2. The van der Waals surface area contributed by atoms with Crippen molar-refractivity contribution in [1.29, 1.82) is 0 Å². The average molecular weight is 460 g/mol. The SMILES string of the molecule is Cc1cc(-c2ccc(OC(F)(F)F)cc2)cc(C)c1C1C(=O)CC(CC2CCOCC2)C1=O. The molecule has 1 saturated carbocycles. The van der Waals surface area contributed by atoms with Crippen LogP contribution < -0.4 is 4.74 Å². The lowest BCUT2D eigenvalue weighted by Gasteiger charge is -2.24. The highest BCUT2D eigenvalue weighted by atomic mass is 19.4. The molecule has 0 amide bonds. The first-order valence-electron chi connectivity index (χ1n) is 11.2. The molecule has 7 heteroatoms. The van der Waals surface area contributed by atoms with E-state index in [0.717, 1.165) is 47.1 Å². The van der Waals surface area contributed by atoms with E-state index in [2.05, 4.69) is 4.74 Å². The number of rotatable bonds is 5. The first-order chi connectivity index (χ1) is 15.6. The summed E-state index contributed by atoms with van der Waals surface area (Å²) in [5.74, 6) is -0.831. The van der Waals surface area contributed by atoms with Crippen LogP contribution >= 0.6 is 0 Å². The van der Waals surface area contributed by atoms with Crippen LogP contribution in [0.15, 0.2) is 36.4 Å². The second kappa shape index (κ2) is 9.29. The number of hydrogen-bond donors (Lipinski definition) is 0. The van der Waals surface area contributed by atoms with Gasteiger partial charge in [0.2, 0.25) is 0 Å². The van der Waals surface area contributed by atoms with Gasteiger partial charge in [-0.3, -0.25) is 9.59 Å². The molecule has 0 bridgehead atoms. The summed E-state index contributed by atoms with van der Waals surface area (Å²) < 4.78 is 46.5. The zero-order valence-electron chi connectivity index (χ0n) is 18.7. The van der Waals surface area contributed by atoms with Gasteiger partial charge in [0.1, 0.15) is 17.5 Å². The third-order valence-corrected chi connectivity index (χ3v) is 6.72. The lowest BCUT2D eigenvalue weighted by atomic mass is 9.83. The van der Waals surface area contributed by atoms with Crippen molar-refractivity contribution in [3.8, 4) is 16.9 Å². The summed E-state index contributed by atoms with van der Waals surface area (Å²) in [7, 11) is 0. The van der Waals surface area contributed by atoms with Crippen LogP contribution in [0.5, 0.6) is 5.75 Å². The van der Waals surface area contributed by atoms with Crippen molar-refractivity contribution in [2.24, 2.45) is 11.8 Å². The quantitative estimate of drug-likeness (QED) is 0.519. The Morgan fingerprint density at radius 1 is 0.970 bits per heavy atom. The van der Waals surface area contributed by atoms with Crippen LogP contribution in [-0.2, 0) is 14.3 Å². The van der Waals surface area contributed by atoms with Crippen LogP contribution in [0.3, 0.4) is 0 Å². The topological polar surface area (TPSA) is 52.6 Å². The van der Waals surface area contributed by atoms with Crippen molar-refractivity contribution in [3.63, 3.8) is 0 Å². The van der Waals surface area contributed by atoms with Crippen LogP contribution in [-0.4, -0.2) is 31.1 Å². The molecule has 0 radical (unpaired) electrons. The third-order valence-electron chi connectivity index (χ3n) is 6.72. The molecule has 1 aliphatic heterocycles. The minimum atomic E-state index is -4.74. The second-order valence-corrected chi connectivity index (χ2v) is 9.09. The largest absolute Gasteiger partial charge is 0.573 e. The van der Waals surface area contributed by atoms with E-state index in [1.165, 1.54) is 12.1 Å². The first kappa shape index (κ1) is 23.5. The van der Waals surface area contributed by atoms with Crippen LogP contribution in [0.1, 0.15) is 48.3 Å². The van der Waals surface area contributed by atoms with Crippen LogP contribution in [0, 0.1) is 25.7 Å². The fraction of sp³-hybridized carbons (Fsp3) is 0.462. The standard InChI is InChI=1S/C26H27F3O4/c1-15-11-19(18-3-5-21(6-4-18)33-26(27,28)29)12-16(2)23(15)24-22(30)14-20(25(24)31)13-17-7-9-32-10-8-17/h3-6,11-12,17,20,24H,7-10,13-14H2,1-2H3. The molecule has 2 atom stereocenters. The molecular formula is C26H27F3O4. The van der Waals surface area contributed by atoms with E-state index in [0.29, 0.717) is 25.6 Å². The fourth-order valence-electron chi connectivity index (χ4n) is 5.19. The Bertz CT molecular complexity index is 1010. The van der Waals surface area contributed by atoms with E-state index >= 15 is 0 Å². The molecule has 1 saturated heterocycles. The summed E-state index contributed by atoms with van der Waals surface area (Å²) in [6.07, 6.45) is -1.83. The number of benzene rings is 2. The van der Waals surface area contributed by atoms with Gasteiger partial charge in [-0.15, -0.1) is 13.2 Å². The van der Waals surface area contributed by atoms with Gasteiger partial charge in [0, 0.05) is 25.6 Å². The molecular weight excluding hydrogens is 433 g/mol. The van der Waals surface area contributed by atoms with Crippen LogP contribution in [0.25, 0.3) is 11.1 Å². The summed E-state index contributed by atoms with van der Waals surface area (Å²) in [6, 6.07) is 9.43. The molecule has 33 heavy (non-hydrogen) atoms. The Balaban J connectivity index is 1.54. The normalized spacial score (nSPS) is 22.1. The number of hydrogen-bond acceptors (Lipinski definition) is 4. The summed E-state index contributed by atoms with van der Waals surface area (Å²) in [4.78, 5) is 26.1. The first-order valence-corrected chi connectivity index (χ1v) is 11.2. The Morgan fingerprint density at radius 3 is 2.15 bits per heavy atom.